The lowest BCUT2D eigenvalue weighted by atomic mass is 9.67. The molecule has 1 heterocycles. The number of carbonyl (C=O) groups is 3. The van der Waals surface area contributed by atoms with Crippen LogP contribution in [0.15, 0.2) is 24.3 Å². The Balaban J connectivity index is 2.65. The molecular weight excluding hydrogens is 298 g/mol. The molecule has 0 saturated heterocycles. The van der Waals surface area contributed by atoms with Gasteiger partial charge in [-0.3, -0.25) is 14.4 Å². The van der Waals surface area contributed by atoms with Gasteiger partial charge in [0.05, 0.1) is 14.2 Å². The second-order valence-electron chi connectivity index (χ2n) is 5.55. The molecule has 2 rings (SSSR count). The number of hydrogen-bond acceptors (Lipinski definition) is 5. The van der Waals surface area contributed by atoms with Crippen LogP contribution in [-0.4, -0.2) is 32.1 Å². The summed E-state index contributed by atoms with van der Waals surface area (Å²) in [7, 11) is 2.40. The van der Waals surface area contributed by atoms with E-state index in [9.17, 15) is 14.4 Å². The van der Waals surface area contributed by atoms with Gasteiger partial charge >= 0.3 is 11.9 Å². The Labute approximate surface area is 135 Å². The van der Waals surface area contributed by atoms with Crippen LogP contribution in [-0.2, 0) is 29.3 Å². The van der Waals surface area contributed by atoms with Gasteiger partial charge in [0, 0.05) is 5.69 Å². The van der Waals surface area contributed by atoms with E-state index in [0.29, 0.717) is 24.1 Å². The van der Waals surface area contributed by atoms with Crippen molar-refractivity contribution in [3.05, 3.63) is 29.8 Å². The zero-order valence-electron chi connectivity index (χ0n) is 13.5. The van der Waals surface area contributed by atoms with Crippen LogP contribution >= 0.6 is 0 Å². The van der Waals surface area contributed by atoms with Crippen LogP contribution in [0.1, 0.15) is 31.7 Å². The fraction of sp³-hybridized carbons (Fsp3) is 0.471. The lowest BCUT2D eigenvalue weighted by molar-refractivity contribution is -0.165. The molecule has 0 spiro atoms. The van der Waals surface area contributed by atoms with Crippen molar-refractivity contribution in [3.8, 4) is 0 Å². The summed E-state index contributed by atoms with van der Waals surface area (Å²) in [6, 6.07) is 7.10. The lowest BCUT2D eigenvalue weighted by Crippen LogP contribution is -2.50. The molecule has 0 saturated carbocycles. The van der Waals surface area contributed by atoms with E-state index in [2.05, 4.69) is 5.32 Å². The number of esters is 2. The van der Waals surface area contributed by atoms with Crippen LogP contribution in [0.4, 0.5) is 5.69 Å². The third kappa shape index (κ3) is 2.69. The maximum Gasteiger partial charge on any atom is 0.321 e. The second-order valence-corrected chi connectivity index (χ2v) is 5.55. The zero-order valence-corrected chi connectivity index (χ0v) is 13.5. The summed E-state index contributed by atoms with van der Waals surface area (Å²) in [6.07, 6.45) is 1.87. The second kappa shape index (κ2) is 6.81. The van der Waals surface area contributed by atoms with Gasteiger partial charge in [0.1, 0.15) is 5.41 Å². The van der Waals surface area contributed by atoms with Crippen molar-refractivity contribution in [1.82, 2.24) is 0 Å². The van der Waals surface area contributed by atoms with Crippen LogP contribution in [0.2, 0.25) is 0 Å². The highest BCUT2D eigenvalue weighted by Crippen LogP contribution is 2.47. The summed E-state index contributed by atoms with van der Waals surface area (Å²) < 4.78 is 9.59. The van der Waals surface area contributed by atoms with Gasteiger partial charge in [-0.25, -0.2) is 0 Å². The Hall–Kier alpha value is -2.37. The summed E-state index contributed by atoms with van der Waals surface area (Å²) in [6.45, 7) is 1.98. The monoisotopic (exact) mass is 319 g/mol. The van der Waals surface area contributed by atoms with E-state index in [0.717, 1.165) is 6.42 Å². The standard InChI is InChI=1S/C17H21NO5/c1-4-5-10-17(13(14(19)22-2)15(20)23-3)11-8-6-7-9-12(11)18-16(17)21/h6-9,13H,4-5,10H2,1-3H3,(H,18,21)/t17-/m0/s1. The van der Waals surface area contributed by atoms with E-state index >= 15 is 0 Å². The number of nitrogens with one attached hydrogen (secondary N) is 1. The first-order valence-electron chi connectivity index (χ1n) is 7.59. The molecule has 23 heavy (non-hydrogen) atoms. The number of para-hydroxylation sites is 1. The number of fused-ring (bicyclic) bond motifs is 1. The topological polar surface area (TPSA) is 81.7 Å². The van der Waals surface area contributed by atoms with Crippen LogP contribution in [0.3, 0.4) is 0 Å². The Kier molecular flexibility index (Phi) is 5.03. The van der Waals surface area contributed by atoms with Crippen LogP contribution in [0, 0.1) is 5.92 Å². The number of anilines is 1. The normalized spacial score (nSPS) is 19.2. The number of ether oxygens (including phenoxy) is 2. The fourth-order valence-corrected chi connectivity index (χ4v) is 3.21. The summed E-state index contributed by atoms with van der Waals surface area (Å²) in [5.74, 6) is -3.22. The molecule has 0 aromatic heterocycles. The highest BCUT2D eigenvalue weighted by Gasteiger charge is 2.58. The Morgan fingerprint density at radius 1 is 1.17 bits per heavy atom. The Morgan fingerprint density at radius 3 is 2.35 bits per heavy atom. The van der Waals surface area contributed by atoms with Gasteiger partial charge < -0.3 is 14.8 Å². The SMILES string of the molecule is CCCC[C@]1(C(C(=O)OC)C(=O)OC)C(=O)Nc2ccccc21. The average molecular weight is 319 g/mol. The number of carbonyl (C=O) groups excluding carboxylic acids is 3. The van der Waals surface area contributed by atoms with Crippen molar-refractivity contribution in [1.29, 1.82) is 0 Å². The lowest BCUT2D eigenvalue weighted by Gasteiger charge is -2.32. The highest BCUT2D eigenvalue weighted by molar-refractivity contribution is 6.13. The number of methoxy groups -OCH3 is 2. The highest BCUT2D eigenvalue weighted by atomic mass is 16.5. The van der Waals surface area contributed by atoms with Gasteiger partial charge in [0.15, 0.2) is 5.92 Å². The van der Waals surface area contributed by atoms with Crippen LogP contribution < -0.4 is 5.32 Å². The van der Waals surface area contributed by atoms with Crippen molar-refractivity contribution in [2.75, 3.05) is 19.5 Å². The molecule has 1 aliphatic heterocycles. The molecule has 1 atom stereocenters. The average Bonchev–Trinajstić information content (AvgIpc) is 2.85. The minimum absolute atomic E-state index is 0.362. The molecule has 1 amide bonds. The molecule has 1 N–H and O–H groups in total. The van der Waals surface area contributed by atoms with Crippen molar-refractivity contribution >= 4 is 23.5 Å². The molecule has 0 aliphatic carbocycles. The van der Waals surface area contributed by atoms with Crippen molar-refractivity contribution in [2.24, 2.45) is 5.92 Å². The molecule has 0 bridgehead atoms. The minimum atomic E-state index is -1.33. The van der Waals surface area contributed by atoms with Crippen LogP contribution in [0.25, 0.3) is 0 Å². The van der Waals surface area contributed by atoms with Crippen LogP contribution in [0.5, 0.6) is 0 Å². The first-order chi connectivity index (χ1) is 11.0. The molecule has 0 fully saturated rings. The van der Waals surface area contributed by atoms with Gasteiger partial charge in [-0.2, -0.15) is 0 Å². The predicted molar refractivity (Wildman–Crippen MR) is 83.8 cm³/mol. The molecule has 1 aliphatic rings. The molecule has 1 aromatic carbocycles. The smallest absolute Gasteiger partial charge is 0.321 e. The molecule has 1 aromatic rings. The number of rotatable bonds is 6. The largest absolute Gasteiger partial charge is 0.468 e. The Morgan fingerprint density at radius 2 is 1.78 bits per heavy atom. The molecular formula is C17H21NO5. The summed E-state index contributed by atoms with van der Waals surface area (Å²) in [5, 5.41) is 2.78. The maximum atomic E-state index is 12.8. The molecule has 0 radical (unpaired) electrons. The number of benzene rings is 1. The minimum Gasteiger partial charge on any atom is -0.468 e. The molecule has 6 heteroatoms. The van der Waals surface area contributed by atoms with Gasteiger partial charge in [0.25, 0.3) is 0 Å². The van der Waals surface area contributed by atoms with E-state index in [1.54, 1.807) is 24.3 Å². The predicted octanol–water partition coefficient (Wildman–Crippen LogP) is 2.03. The number of unbranched alkanes of at least 4 members (excludes halogenated alkanes) is 1. The van der Waals surface area contributed by atoms with E-state index in [4.69, 9.17) is 9.47 Å². The van der Waals surface area contributed by atoms with Gasteiger partial charge in [0.2, 0.25) is 5.91 Å². The van der Waals surface area contributed by atoms with Gasteiger partial charge in [-0.05, 0) is 18.1 Å². The summed E-state index contributed by atoms with van der Waals surface area (Å²) in [4.78, 5) is 37.5. The van der Waals surface area contributed by atoms with Gasteiger partial charge in [-0.15, -0.1) is 0 Å². The molecule has 0 unspecified atom stereocenters. The third-order valence-corrected chi connectivity index (χ3v) is 4.35. The van der Waals surface area contributed by atoms with E-state index in [1.807, 2.05) is 6.92 Å². The van der Waals surface area contributed by atoms with Crippen molar-refractivity contribution in [2.45, 2.75) is 31.6 Å². The van der Waals surface area contributed by atoms with E-state index < -0.39 is 23.3 Å². The number of amides is 1. The molecule has 6 nitrogen and oxygen atoms in total. The zero-order chi connectivity index (χ0) is 17.0. The number of hydrogen-bond donors (Lipinski definition) is 1. The van der Waals surface area contributed by atoms with Crippen molar-refractivity contribution < 1.29 is 23.9 Å². The first-order valence-corrected chi connectivity index (χ1v) is 7.59. The van der Waals surface area contributed by atoms with E-state index in [-0.39, 0.29) is 5.91 Å². The van der Waals surface area contributed by atoms with E-state index in [1.165, 1.54) is 14.2 Å². The first kappa shape index (κ1) is 17.0. The fourth-order valence-electron chi connectivity index (χ4n) is 3.21. The maximum absolute atomic E-state index is 12.8. The molecule has 124 valence electrons. The third-order valence-electron chi connectivity index (χ3n) is 4.35. The van der Waals surface area contributed by atoms with Crippen molar-refractivity contribution in [3.63, 3.8) is 0 Å². The Bertz CT molecular complexity index is 611. The summed E-state index contributed by atoms with van der Waals surface area (Å²) in [5.41, 5.74) is -0.0436. The summed E-state index contributed by atoms with van der Waals surface area (Å²) >= 11 is 0. The quantitative estimate of drug-likeness (QED) is 0.641. The van der Waals surface area contributed by atoms with Gasteiger partial charge in [-0.1, -0.05) is 38.0 Å².